The molecule has 0 aromatic heterocycles. The molecule has 0 unspecified atom stereocenters. The van der Waals surface area contributed by atoms with Crippen molar-refractivity contribution in [3.05, 3.63) is 25.3 Å². The van der Waals surface area contributed by atoms with Crippen molar-refractivity contribution < 1.29 is 19.1 Å². The summed E-state index contributed by atoms with van der Waals surface area (Å²) in [6, 6.07) is 0.0363. The standard InChI is InChI=1S/C17H25NO4/c1-5-9-13-10-7-8-11-18(13)16(21)15(20)17(3,4)12-22-14(19)6-2/h5-6,13H,1-2,7-12H2,3-4H3/t13-/m1/s1. The molecule has 0 bridgehead atoms. The third-order valence-electron chi connectivity index (χ3n) is 3.88. The van der Waals surface area contributed by atoms with Gasteiger partial charge in [-0.1, -0.05) is 12.7 Å². The Morgan fingerprint density at radius 2 is 1.95 bits per heavy atom. The second-order valence-corrected chi connectivity index (χ2v) is 6.20. The van der Waals surface area contributed by atoms with Gasteiger partial charge < -0.3 is 9.64 Å². The largest absolute Gasteiger partial charge is 0.461 e. The molecule has 0 aromatic rings. The first-order valence-corrected chi connectivity index (χ1v) is 7.59. The molecule has 0 radical (unpaired) electrons. The molecule has 1 aliphatic rings. The number of carbonyl (C=O) groups excluding carboxylic acids is 3. The number of ether oxygens (including phenoxy) is 1. The van der Waals surface area contributed by atoms with Crippen molar-refractivity contribution in [3.63, 3.8) is 0 Å². The van der Waals surface area contributed by atoms with E-state index in [0.29, 0.717) is 13.0 Å². The predicted molar refractivity (Wildman–Crippen MR) is 84.1 cm³/mol. The van der Waals surface area contributed by atoms with E-state index in [-0.39, 0.29) is 12.6 Å². The van der Waals surface area contributed by atoms with Crippen molar-refractivity contribution in [3.8, 4) is 0 Å². The highest BCUT2D eigenvalue weighted by atomic mass is 16.5. The number of hydrogen-bond acceptors (Lipinski definition) is 4. The molecular weight excluding hydrogens is 282 g/mol. The van der Waals surface area contributed by atoms with Gasteiger partial charge in [0.15, 0.2) is 0 Å². The molecule has 5 heteroatoms. The minimum atomic E-state index is -1.05. The summed E-state index contributed by atoms with van der Waals surface area (Å²) < 4.78 is 4.92. The monoisotopic (exact) mass is 307 g/mol. The van der Waals surface area contributed by atoms with Gasteiger partial charge in [0.1, 0.15) is 6.61 Å². The molecule has 1 saturated heterocycles. The molecule has 0 saturated carbocycles. The lowest BCUT2D eigenvalue weighted by atomic mass is 9.87. The van der Waals surface area contributed by atoms with Gasteiger partial charge in [-0.2, -0.15) is 0 Å². The van der Waals surface area contributed by atoms with Gasteiger partial charge in [-0.15, -0.1) is 6.58 Å². The number of rotatable bonds is 7. The first-order chi connectivity index (χ1) is 10.3. The van der Waals surface area contributed by atoms with E-state index in [0.717, 1.165) is 25.3 Å². The number of hydrogen-bond donors (Lipinski definition) is 0. The van der Waals surface area contributed by atoms with Crippen LogP contribution in [0.15, 0.2) is 25.3 Å². The summed E-state index contributed by atoms with van der Waals surface area (Å²) in [6.07, 6.45) is 6.34. The van der Waals surface area contributed by atoms with Crippen molar-refractivity contribution in [1.29, 1.82) is 0 Å². The lowest BCUT2D eigenvalue weighted by Gasteiger charge is -2.36. The number of ketones is 1. The molecule has 22 heavy (non-hydrogen) atoms. The fourth-order valence-corrected chi connectivity index (χ4v) is 2.50. The van der Waals surface area contributed by atoms with Gasteiger partial charge in [-0.3, -0.25) is 9.59 Å². The summed E-state index contributed by atoms with van der Waals surface area (Å²) in [5.74, 6) is -1.62. The van der Waals surface area contributed by atoms with E-state index in [4.69, 9.17) is 4.74 Å². The Hall–Kier alpha value is -1.91. The van der Waals surface area contributed by atoms with Gasteiger partial charge in [-0.05, 0) is 39.5 Å². The van der Waals surface area contributed by atoms with Gasteiger partial charge in [-0.25, -0.2) is 4.79 Å². The first kappa shape index (κ1) is 18.1. The van der Waals surface area contributed by atoms with Crippen LogP contribution in [0.4, 0.5) is 0 Å². The lowest BCUT2D eigenvalue weighted by Crippen LogP contribution is -2.50. The average Bonchev–Trinajstić information content (AvgIpc) is 2.52. The van der Waals surface area contributed by atoms with Gasteiger partial charge in [0.05, 0.1) is 5.41 Å². The molecule has 0 spiro atoms. The smallest absolute Gasteiger partial charge is 0.330 e. The topological polar surface area (TPSA) is 63.7 Å². The molecule has 0 aromatic carbocycles. The zero-order valence-electron chi connectivity index (χ0n) is 13.5. The van der Waals surface area contributed by atoms with Crippen molar-refractivity contribution in [2.45, 2.75) is 45.6 Å². The Kier molecular flexibility index (Phi) is 6.53. The number of carbonyl (C=O) groups is 3. The van der Waals surface area contributed by atoms with E-state index >= 15 is 0 Å². The highest BCUT2D eigenvalue weighted by Crippen LogP contribution is 2.24. The van der Waals surface area contributed by atoms with Gasteiger partial charge in [0.2, 0.25) is 5.78 Å². The molecule has 122 valence electrons. The quantitative estimate of drug-likeness (QED) is 0.313. The van der Waals surface area contributed by atoms with Crippen LogP contribution < -0.4 is 0 Å². The van der Waals surface area contributed by atoms with E-state index in [2.05, 4.69) is 13.2 Å². The number of nitrogens with zero attached hydrogens (tertiary/aromatic N) is 1. The van der Waals surface area contributed by atoms with Gasteiger partial charge in [0, 0.05) is 18.7 Å². The summed E-state index contributed by atoms with van der Waals surface area (Å²) in [6.45, 7) is 10.7. The van der Waals surface area contributed by atoms with Crippen LogP contribution in [0.2, 0.25) is 0 Å². The summed E-state index contributed by atoms with van der Waals surface area (Å²) in [4.78, 5) is 37.8. The van der Waals surface area contributed by atoms with Crippen LogP contribution in [-0.4, -0.2) is 41.8 Å². The Balaban J connectivity index is 2.76. The number of likely N-dealkylation sites (tertiary alicyclic amines) is 1. The molecule has 0 N–H and O–H groups in total. The van der Waals surface area contributed by atoms with Crippen LogP contribution >= 0.6 is 0 Å². The number of amides is 1. The van der Waals surface area contributed by atoms with Gasteiger partial charge >= 0.3 is 5.97 Å². The minimum Gasteiger partial charge on any atom is -0.461 e. The molecule has 1 rings (SSSR count). The summed E-state index contributed by atoms with van der Waals surface area (Å²) in [7, 11) is 0. The van der Waals surface area contributed by atoms with Crippen molar-refractivity contribution in [2.24, 2.45) is 5.41 Å². The molecule has 1 fully saturated rings. The van der Waals surface area contributed by atoms with Crippen LogP contribution in [0, 0.1) is 5.41 Å². The molecule has 1 heterocycles. The van der Waals surface area contributed by atoms with Crippen LogP contribution in [0.3, 0.4) is 0 Å². The van der Waals surface area contributed by atoms with Crippen molar-refractivity contribution >= 4 is 17.7 Å². The molecular formula is C17H25NO4. The first-order valence-electron chi connectivity index (χ1n) is 7.59. The van der Waals surface area contributed by atoms with E-state index in [1.807, 2.05) is 0 Å². The second kappa shape index (κ2) is 7.92. The normalized spacial score (nSPS) is 18.5. The summed E-state index contributed by atoms with van der Waals surface area (Å²) in [5, 5.41) is 0. The fourth-order valence-electron chi connectivity index (χ4n) is 2.50. The van der Waals surface area contributed by atoms with Crippen molar-refractivity contribution in [1.82, 2.24) is 4.90 Å². The molecule has 0 aliphatic carbocycles. The Labute approximate surface area is 132 Å². The Morgan fingerprint density at radius 3 is 2.55 bits per heavy atom. The molecule has 1 aliphatic heterocycles. The average molecular weight is 307 g/mol. The maximum atomic E-state index is 12.5. The SMILES string of the molecule is C=CC[C@@H]1CCCCN1C(=O)C(=O)C(C)(C)COC(=O)C=C. The highest BCUT2D eigenvalue weighted by Gasteiger charge is 2.39. The summed E-state index contributed by atoms with van der Waals surface area (Å²) in [5.41, 5.74) is -1.05. The zero-order valence-corrected chi connectivity index (χ0v) is 13.5. The van der Waals surface area contributed by atoms with Crippen LogP contribution in [-0.2, 0) is 19.1 Å². The molecule has 5 nitrogen and oxygen atoms in total. The molecule has 1 amide bonds. The number of esters is 1. The second-order valence-electron chi connectivity index (χ2n) is 6.20. The highest BCUT2D eigenvalue weighted by molar-refractivity contribution is 6.38. The maximum absolute atomic E-state index is 12.5. The predicted octanol–water partition coefficient (Wildman–Crippen LogP) is 2.27. The zero-order chi connectivity index (χ0) is 16.8. The Bertz CT molecular complexity index is 467. The van der Waals surface area contributed by atoms with Crippen LogP contribution in [0.25, 0.3) is 0 Å². The third-order valence-corrected chi connectivity index (χ3v) is 3.88. The van der Waals surface area contributed by atoms with Crippen LogP contribution in [0.5, 0.6) is 0 Å². The van der Waals surface area contributed by atoms with E-state index in [1.165, 1.54) is 0 Å². The maximum Gasteiger partial charge on any atom is 0.330 e. The fraction of sp³-hybridized carbons (Fsp3) is 0.588. The minimum absolute atomic E-state index is 0.0363. The summed E-state index contributed by atoms with van der Waals surface area (Å²) >= 11 is 0. The Morgan fingerprint density at radius 1 is 1.27 bits per heavy atom. The third kappa shape index (κ3) is 4.55. The van der Waals surface area contributed by atoms with Crippen molar-refractivity contribution in [2.75, 3.05) is 13.2 Å². The molecule has 1 atom stereocenters. The number of piperidine rings is 1. The van der Waals surface area contributed by atoms with E-state index in [9.17, 15) is 14.4 Å². The van der Waals surface area contributed by atoms with E-state index in [1.54, 1.807) is 24.8 Å². The lowest BCUT2D eigenvalue weighted by molar-refractivity contribution is -0.155. The van der Waals surface area contributed by atoms with E-state index < -0.39 is 23.1 Å². The van der Waals surface area contributed by atoms with Gasteiger partial charge in [0.25, 0.3) is 5.91 Å². The number of Topliss-reactive ketones (excluding diaryl/α,β-unsaturated/α-hetero) is 1. The van der Waals surface area contributed by atoms with Crippen LogP contribution in [0.1, 0.15) is 39.5 Å².